The molecule has 0 radical (unpaired) electrons. The number of likely N-dealkylation sites (N-methyl/N-ethyl adjacent to an activating group) is 1. The molecule has 10 nitrogen and oxygen atoms in total. The van der Waals surface area contributed by atoms with E-state index in [2.05, 4.69) is 37.9 Å². The zero-order valence-corrected chi connectivity index (χ0v) is 36.1. The van der Waals surface area contributed by atoms with Gasteiger partial charge in [-0.05, 0) is 130 Å². The predicted octanol–water partition coefficient (Wildman–Crippen LogP) is 4.76. The normalized spacial score (nSPS) is 47.6. The Hall–Kier alpha value is -2.62. The number of esters is 1. The summed E-state index contributed by atoms with van der Waals surface area (Å²) in [5.41, 5.74) is -5.05. The van der Waals surface area contributed by atoms with Gasteiger partial charge in [-0.3, -0.25) is 0 Å². The molecule has 7 N–H and O–H groups in total. The van der Waals surface area contributed by atoms with Crippen LogP contribution in [0.25, 0.3) is 0 Å². The van der Waals surface area contributed by atoms with E-state index in [0.717, 1.165) is 54.2 Å². The van der Waals surface area contributed by atoms with Gasteiger partial charge in [0.15, 0.2) is 0 Å². The number of carbonyl (C=O) groups excluding carboxylic acids is 2. The van der Waals surface area contributed by atoms with Crippen molar-refractivity contribution in [3.63, 3.8) is 0 Å². The molecule has 4 bridgehead atoms. The smallest absolute Gasteiger partial charge is 0.331 e. The van der Waals surface area contributed by atoms with Crippen molar-refractivity contribution in [3.8, 4) is 11.8 Å². The van der Waals surface area contributed by atoms with E-state index in [4.69, 9.17) is 4.74 Å². The Morgan fingerprint density at radius 1 is 1.02 bits per heavy atom. The molecule has 9 rings (SSSR count). The van der Waals surface area contributed by atoms with E-state index < -0.39 is 69.7 Å². The van der Waals surface area contributed by atoms with E-state index in [1.165, 1.54) is 0 Å². The van der Waals surface area contributed by atoms with Gasteiger partial charge in [0, 0.05) is 53.2 Å². The number of nitrogens with one attached hydrogen (secondary N) is 1. The fourth-order valence-electron chi connectivity index (χ4n) is 16.3. The Bertz CT molecular complexity index is 1960. The highest BCUT2D eigenvalue weighted by atomic mass is 16.5. The third kappa shape index (κ3) is 5.58. The maximum Gasteiger partial charge on any atom is 0.331 e. The highest BCUT2D eigenvalue weighted by Crippen LogP contribution is 2.77. The lowest BCUT2D eigenvalue weighted by molar-refractivity contribution is -0.378. The standard InChI is InChI=1S/C50H69NO9/c1-5-6-7-12-31-24-47(27-53)40-17-19-46-18-9-8-11-29-13-10-14-32(26-52)34(29)22-39(51-4)35-20-33(42(46)36-23-41(54)60-44(35)36)25-48(46,57)50(40,59)45(56)38-21-30(28(2)3)15-16-37(43(31)55)49(38,47)58/h10,13-14,23,27-28,30-31,33,35,37-40,42-45,51-52,55-59H,5-7,9,12,15-22,24-26H2,1-4H3/t30-,31-,33+,35-,37+,38-,39-,40-,42-,43+,44-,45+,46-,47+,48-,49-,50-/m1/s1. The zero-order chi connectivity index (χ0) is 42.6. The number of aldehydes is 1. The van der Waals surface area contributed by atoms with Gasteiger partial charge < -0.3 is 45.5 Å². The number of ether oxygens (including phenoxy) is 1. The van der Waals surface area contributed by atoms with Crippen molar-refractivity contribution in [3.05, 3.63) is 46.5 Å². The lowest BCUT2D eigenvalue weighted by atomic mass is 9.34. The predicted molar refractivity (Wildman–Crippen MR) is 225 cm³/mol. The first-order valence-corrected chi connectivity index (χ1v) is 23.5. The molecule has 8 aliphatic rings. The Kier molecular flexibility index (Phi) is 10.9. The van der Waals surface area contributed by atoms with Gasteiger partial charge in [0.2, 0.25) is 0 Å². The number of carbonyl (C=O) groups is 2. The zero-order valence-electron chi connectivity index (χ0n) is 36.1. The van der Waals surface area contributed by atoms with Gasteiger partial charge in [-0.25, -0.2) is 4.79 Å². The summed E-state index contributed by atoms with van der Waals surface area (Å²) in [4.78, 5) is 27.9. The van der Waals surface area contributed by atoms with E-state index in [9.17, 15) is 40.2 Å². The minimum atomic E-state index is -2.20. The second-order valence-corrected chi connectivity index (χ2v) is 21.2. The first kappa shape index (κ1) is 42.7. The Morgan fingerprint density at radius 3 is 2.53 bits per heavy atom. The summed E-state index contributed by atoms with van der Waals surface area (Å²) < 4.78 is 6.23. The molecule has 1 spiro atoms. The van der Waals surface area contributed by atoms with E-state index >= 15 is 0 Å². The number of rotatable bonds is 8. The first-order valence-electron chi connectivity index (χ1n) is 23.5. The third-order valence-electron chi connectivity index (χ3n) is 18.9. The van der Waals surface area contributed by atoms with Crippen molar-refractivity contribution in [2.75, 3.05) is 7.05 Å². The number of benzene rings is 1. The average Bonchev–Trinajstić information content (AvgIpc) is 3.68. The van der Waals surface area contributed by atoms with Gasteiger partial charge in [-0.1, -0.05) is 64.0 Å². The maximum atomic E-state index is 14.4. The van der Waals surface area contributed by atoms with Gasteiger partial charge in [0.05, 0.1) is 29.8 Å². The number of fused-ring (bicyclic) bond motifs is 7. The van der Waals surface area contributed by atoms with Gasteiger partial charge in [0.1, 0.15) is 23.6 Å². The minimum Gasteiger partial charge on any atom is -0.454 e. The largest absolute Gasteiger partial charge is 0.454 e. The minimum absolute atomic E-state index is 0.0607. The van der Waals surface area contributed by atoms with Gasteiger partial charge in [-0.15, -0.1) is 0 Å². The molecule has 0 unspecified atom stereocenters. The molecule has 0 amide bonds. The molecule has 0 aromatic heterocycles. The van der Waals surface area contributed by atoms with Crippen LogP contribution in [0.4, 0.5) is 0 Å². The second-order valence-electron chi connectivity index (χ2n) is 21.2. The molecule has 1 aromatic carbocycles. The van der Waals surface area contributed by atoms with Crippen LogP contribution < -0.4 is 5.32 Å². The Morgan fingerprint density at radius 2 is 1.82 bits per heavy atom. The van der Waals surface area contributed by atoms with E-state index in [-0.39, 0.29) is 67.4 Å². The van der Waals surface area contributed by atoms with Crippen molar-refractivity contribution in [1.29, 1.82) is 0 Å². The first-order chi connectivity index (χ1) is 28.7. The van der Waals surface area contributed by atoms with E-state index in [1.807, 2.05) is 25.2 Å². The molecular formula is C50H69NO9. The van der Waals surface area contributed by atoms with Crippen LogP contribution in [0.3, 0.4) is 0 Å². The molecule has 1 aromatic rings. The maximum absolute atomic E-state index is 14.4. The highest BCUT2D eigenvalue weighted by Gasteiger charge is 2.85. The molecule has 6 fully saturated rings. The van der Waals surface area contributed by atoms with Crippen LogP contribution in [0.1, 0.15) is 127 Å². The number of hydrogen-bond donors (Lipinski definition) is 7. The summed E-state index contributed by atoms with van der Waals surface area (Å²) in [6.07, 6.45) is 7.56. The number of hydrogen-bond acceptors (Lipinski definition) is 10. The number of aliphatic hydroxyl groups excluding tert-OH is 3. The molecular weight excluding hydrogens is 759 g/mol. The SMILES string of the molecule is CCCCC[C@@H]1C[C@]2(C=O)[C@H]3CC[C@@]45CCC#Cc6cccc(CO)c6C[C@@H](NC)[C@H]6C[C@@H](C[C@]4(O)[C@]3(O)[C@@H](O)[C@H]3C[C@H](C(C)C)CC[C@@H]([C@H]1O)[C@@]32O)[C@@H]5C1=CC(=O)O[C@@H]16. The summed E-state index contributed by atoms with van der Waals surface area (Å²) in [6.45, 7) is 6.28. The summed E-state index contributed by atoms with van der Waals surface area (Å²) in [5.74, 6) is 3.05. The molecule has 1 heterocycles. The van der Waals surface area contributed by atoms with Crippen molar-refractivity contribution >= 4 is 12.3 Å². The molecule has 7 aliphatic carbocycles. The topological polar surface area (TPSA) is 177 Å². The molecule has 6 saturated carbocycles. The van der Waals surface area contributed by atoms with Crippen LogP contribution in [0.5, 0.6) is 0 Å². The lowest BCUT2D eigenvalue weighted by Crippen LogP contribution is -2.85. The fraction of sp³-hybridized carbons (Fsp3) is 0.760. The number of aliphatic hydroxyl groups is 6. The molecule has 0 saturated heterocycles. The summed E-state index contributed by atoms with van der Waals surface area (Å²) in [5, 5.41) is 81.5. The van der Waals surface area contributed by atoms with Crippen LogP contribution in [0.2, 0.25) is 0 Å². The third-order valence-corrected chi connectivity index (χ3v) is 18.9. The van der Waals surface area contributed by atoms with Crippen molar-refractivity contribution in [2.24, 2.45) is 64.1 Å². The van der Waals surface area contributed by atoms with Crippen LogP contribution >= 0.6 is 0 Å². The van der Waals surface area contributed by atoms with E-state index in [1.54, 1.807) is 6.08 Å². The van der Waals surface area contributed by atoms with Crippen LogP contribution in [-0.2, 0) is 27.4 Å². The van der Waals surface area contributed by atoms with Crippen LogP contribution in [-0.4, -0.2) is 91.1 Å². The lowest BCUT2D eigenvalue weighted by Gasteiger charge is -2.73. The summed E-state index contributed by atoms with van der Waals surface area (Å²) in [6, 6.07) is 5.61. The summed E-state index contributed by atoms with van der Waals surface area (Å²) in [7, 11) is 1.90. The molecule has 1 aliphatic heterocycles. The second kappa shape index (κ2) is 15.3. The molecule has 328 valence electrons. The van der Waals surface area contributed by atoms with Gasteiger partial charge >= 0.3 is 5.97 Å². The van der Waals surface area contributed by atoms with Crippen molar-refractivity contribution in [1.82, 2.24) is 5.32 Å². The summed E-state index contributed by atoms with van der Waals surface area (Å²) >= 11 is 0. The monoisotopic (exact) mass is 827 g/mol. The van der Waals surface area contributed by atoms with Crippen molar-refractivity contribution < 1.29 is 45.0 Å². The van der Waals surface area contributed by atoms with Crippen LogP contribution in [0.15, 0.2) is 29.8 Å². The van der Waals surface area contributed by atoms with E-state index in [0.29, 0.717) is 51.4 Å². The fourth-order valence-corrected chi connectivity index (χ4v) is 16.3. The molecule has 10 heteroatoms. The Balaban J connectivity index is 1.24. The van der Waals surface area contributed by atoms with Crippen LogP contribution in [0, 0.1) is 75.9 Å². The Labute approximate surface area is 356 Å². The number of unbranched alkanes of at least 4 members (excludes halogenated alkanes) is 2. The van der Waals surface area contributed by atoms with Crippen molar-refractivity contribution in [2.45, 2.75) is 165 Å². The quantitative estimate of drug-likeness (QED) is 0.0838. The average molecular weight is 828 g/mol. The molecule has 17 atom stereocenters. The molecule has 60 heavy (non-hydrogen) atoms. The van der Waals surface area contributed by atoms with Gasteiger partial charge in [0.25, 0.3) is 0 Å². The van der Waals surface area contributed by atoms with Gasteiger partial charge in [-0.2, -0.15) is 0 Å². The highest BCUT2D eigenvalue weighted by molar-refractivity contribution is 5.86.